The van der Waals surface area contributed by atoms with Gasteiger partial charge in [-0.25, -0.2) is 4.39 Å². The van der Waals surface area contributed by atoms with Crippen molar-refractivity contribution in [3.8, 4) is 0 Å². The van der Waals surface area contributed by atoms with Crippen LogP contribution in [-0.2, 0) is 0 Å². The van der Waals surface area contributed by atoms with Crippen molar-refractivity contribution in [2.45, 2.75) is 38.6 Å². The van der Waals surface area contributed by atoms with Crippen molar-refractivity contribution in [3.63, 3.8) is 0 Å². The van der Waals surface area contributed by atoms with Gasteiger partial charge in [0.15, 0.2) is 10.2 Å². The third-order valence-electron chi connectivity index (χ3n) is 3.84. The molecule has 1 fully saturated rings. The number of anilines is 1. The molecule has 2 rings (SSSR count). The van der Waals surface area contributed by atoms with E-state index in [-0.39, 0.29) is 10.9 Å². The third-order valence-corrected chi connectivity index (χ3v) is 4.26. The van der Waals surface area contributed by atoms with Crippen molar-refractivity contribution in [2.24, 2.45) is 5.92 Å². The number of rotatable bonds is 2. The SMILES string of the molecule is C[C@@H]1CCCC[C@@H]1NC(=S)NNC(=S)Nc1ccccc1F. The Labute approximate surface area is 141 Å². The van der Waals surface area contributed by atoms with Gasteiger partial charge in [-0.2, -0.15) is 0 Å². The van der Waals surface area contributed by atoms with Gasteiger partial charge in [0.1, 0.15) is 5.82 Å². The van der Waals surface area contributed by atoms with E-state index in [2.05, 4.69) is 28.4 Å². The first-order valence-corrected chi connectivity index (χ1v) is 8.26. The fourth-order valence-electron chi connectivity index (χ4n) is 2.56. The van der Waals surface area contributed by atoms with Crippen LogP contribution in [0.5, 0.6) is 0 Å². The summed E-state index contributed by atoms with van der Waals surface area (Å²) < 4.78 is 13.5. The van der Waals surface area contributed by atoms with Crippen LogP contribution < -0.4 is 21.5 Å². The van der Waals surface area contributed by atoms with Crippen molar-refractivity contribution < 1.29 is 4.39 Å². The van der Waals surface area contributed by atoms with Gasteiger partial charge in [0, 0.05) is 6.04 Å². The lowest BCUT2D eigenvalue weighted by Gasteiger charge is -2.30. The summed E-state index contributed by atoms with van der Waals surface area (Å²) in [6, 6.07) is 6.74. The normalized spacial score (nSPS) is 20.8. The van der Waals surface area contributed by atoms with E-state index in [1.165, 1.54) is 25.3 Å². The van der Waals surface area contributed by atoms with E-state index >= 15 is 0 Å². The standard InChI is InChI=1S/C15H21FN4S2/c1-10-6-2-4-8-12(10)17-14(21)19-20-15(22)18-13-9-5-3-7-11(13)16/h3,5,7,9-10,12H,2,4,6,8H2,1H3,(H2,17,19,21)(H2,18,20,22)/t10-,12+/m1/s1. The van der Waals surface area contributed by atoms with Crippen LogP contribution in [0, 0.1) is 11.7 Å². The second-order valence-electron chi connectivity index (χ2n) is 5.53. The van der Waals surface area contributed by atoms with Crippen LogP contribution in [0.1, 0.15) is 32.6 Å². The maximum Gasteiger partial charge on any atom is 0.189 e. The first-order chi connectivity index (χ1) is 10.6. The zero-order chi connectivity index (χ0) is 15.9. The van der Waals surface area contributed by atoms with Crippen LogP contribution >= 0.6 is 24.4 Å². The average molecular weight is 340 g/mol. The van der Waals surface area contributed by atoms with Crippen molar-refractivity contribution in [1.29, 1.82) is 0 Å². The van der Waals surface area contributed by atoms with Crippen molar-refractivity contribution >= 4 is 40.3 Å². The van der Waals surface area contributed by atoms with Crippen molar-refractivity contribution in [2.75, 3.05) is 5.32 Å². The van der Waals surface area contributed by atoms with Crippen LogP contribution in [0.3, 0.4) is 0 Å². The molecule has 1 aliphatic carbocycles. The molecule has 4 nitrogen and oxygen atoms in total. The molecule has 1 aliphatic rings. The van der Waals surface area contributed by atoms with E-state index in [1.54, 1.807) is 18.2 Å². The van der Waals surface area contributed by atoms with Crippen LogP contribution in [0.25, 0.3) is 0 Å². The highest BCUT2D eigenvalue weighted by molar-refractivity contribution is 7.80. The van der Waals surface area contributed by atoms with Gasteiger partial charge >= 0.3 is 0 Å². The molecule has 0 unspecified atom stereocenters. The molecule has 1 aromatic rings. The maximum atomic E-state index is 13.5. The molecule has 0 amide bonds. The molecule has 120 valence electrons. The fourth-order valence-corrected chi connectivity index (χ4v) is 2.93. The van der Waals surface area contributed by atoms with Crippen LogP contribution in [0.2, 0.25) is 0 Å². The highest BCUT2D eigenvalue weighted by Gasteiger charge is 2.21. The summed E-state index contributed by atoms with van der Waals surface area (Å²) in [6.07, 6.45) is 4.86. The van der Waals surface area contributed by atoms with Crippen LogP contribution in [-0.4, -0.2) is 16.3 Å². The number of halogens is 1. The van der Waals surface area contributed by atoms with Gasteiger partial charge in [-0.05, 0) is 55.3 Å². The Morgan fingerprint density at radius 2 is 1.77 bits per heavy atom. The summed E-state index contributed by atoms with van der Waals surface area (Å²) in [5.41, 5.74) is 5.92. The molecule has 4 N–H and O–H groups in total. The Bertz CT molecular complexity index is 538. The minimum Gasteiger partial charge on any atom is -0.358 e. The molecule has 2 atom stereocenters. The molecule has 0 bridgehead atoms. The number of para-hydroxylation sites is 1. The minimum atomic E-state index is -0.358. The monoisotopic (exact) mass is 340 g/mol. The fraction of sp³-hybridized carbons (Fsp3) is 0.467. The molecule has 0 spiro atoms. The summed E-state index contributed by atoms with van der Waals surface area (Å²) in [5, 5.41) is 6.82. The number of hydrogen-bond donors (Lipinski definition) is 4. The van der Waals surface area contributed by atoms with Crippen LogP contribution in [0.4, 0.5) is 10.1 Å². The van der Waals surface area contributed by atoms with Crippen molar-refractivity contribution in [3.05, 3.63) is 30.1 Å². The maximum absolute atomic E-state index is 13.5. The molecule has 1 saturated carbocycles. The topological polar surface area (TPSA) is 48.1 Å². The van der Waals surface area contributed by atoms with Gasteiger partial charge < -0.3 is 10.6 Å². The number of hydrazine groups is 1. The van der Waals surface area contributed by atoms with E-state index in [1.807, 2.05) is 0 Å². The molecule has 7 heteroatoms. The molecule has 0 aromatic heterocycles. The molecule has 0 aliphatic heterocycles. The average Bonchev–Trinajstić information content (AvgIpc) is 2.50. The largest absolute Gasteiger partial charge is 0.358 e. The summed E-state index contributed by atoms with van der Waals surface area (Å²) >= 11 is 10.4. The summed E-state index contributed by atoms with van der Waals surface area (Å²) in [6.45, 7) is 2.23. The summed E-state index contributed by atoms with van der Waals surface area (Å²) in [7, 11) is 0. The molecule has 1 aromatic carbocycles. The predicted octanol–water partition coefficient (Wildman–Crippen LogP) is 3.07. The van der Waals surface area contributed by atoms with E-state index in [4.69, 9.17) is 24.4 Å². The van der Waals surface area contributed by atoms with Crippen molar-refractivity contribution in [1.82, 2.24) is 16.2 Å². The van der Waals surface area contributed by atoms with Gasteiger partial charge in [0.05, 0.1) is 5.69 Å². The molecule has 0 radical (unpaired) electrons. The van der Waals surface area contributed by atoms with E-state index in [0.29, 0.717) is 22.8 Å². The molecular weight excluding hydrogens is 319 g/mol. The zero-order valence-electron chi connectivity index (χ0n) is 12.5. The van der Waals surface area contributed by atoms with Gasteiger partial charge in [-0.3, -0.25) is 10.9 Å². The first-order valence-electron chi connectivity index (χ1n) is 7.44. The van der Waals surface area contributed by atoms with Gasteiger partial charge in [0.2, 0.25) is 0 Å². The summed E-state index contributed by atoms with van der Waals surface area (Å²) in [4.78, 5) is 0. The van der Waals surface area contributed by atoms with Crippen LogP contribution in [0.15, 0.2) is 24.3 Å². The van der Waals surface area contributed by atoms with E-state index < -0.39 is 0 Å². The van der Waals surface area contributed by atoms with E-state index in [0.717, 1.165) is 6.42 Å². The lowest BCUT2D eigenvalue weighted by molar-refractivity contribution is 0.308. The molecular formula is C15H21FN4S2. The summed E-state index contributed by atoms with van der Waals surface area (Å²) in [5.74, 6) is 0.250. The Morgan fingerprint density at radius 3 is 2.50 bits per heavy atom. The zero-order valence-corrected chi connectivity index (χ0v) is 14.1. The molecule has 0 saturated heterocycles. The van der Waals surface area contributed by atoms with E-state index in [9.17, 15) is 4.39 Å². The Kier molecular flexibility index (Phi) is 6.33. The Balaban J connectivity index is 1.74. The highest BCUT2D eigenvalue weighted by atomic mass is 32.1. The smallest absolute Gasteiger partial charge is 0.189 e. The molecule has 22 heavy (non-hydrogen) atoms. The third kappa shape index (κ3) is 5.06. The van der Waals surface area contributed by atoms with Gasteiger partial charge in [-0.15, -0.1) is 0 Å². The second kappa shape index (κ2) is 8.24. The Hall–Kier alpha value is -1.47. The van der Waals surface area contributed by atoms with Gasteiger partial charge in [0.25, 0.3) is 0 Å². The number of nitrogens with one attached hydrogen (secondary N) is 4. The quantitative estimate of drug-likeness (QED) is 0.490. The molecule has 0 heterocycles. The minimum absolute atomic E-state index is 0.256. The lowest BCUT2D eigenvalue weighted by atomic mass is 9.86. The number of thiocarbonyl (C=S) groups is 2. The predicted molar refractivity (Wildman–Crippen MR) is 96.0 cm³/mol. The number of benzene rings is 1. The van der Waals surface area contributed by atoms with Gasteiger partial charge in [-0.1, -0.05) is 31.9 Å². The highest BCUT2D eigenvalue weighted by Crippen LogP contribution is 2.23. The Morgan fingerprint density at radius 1 is 1.09 bits per heavy atom. The lowest BCUT2D eigenvalue weighted by Crippen LogP contribution is -2.52. The number of hydrogen-bond acceptors (Lipinski definition) is 2. The first kappa shape index (κ1) is 16.9. The second-order valence-corrected chi connectivity index (χ2v) is 6.34.